The van der Waals surface area contributed by atoms with Crippen LogP contribution in [0.1, 0.15) is 31.2 Å². The molecule has 1 aliphatic carbocycles. The van der Waals surface area contributed by atoms with Crippen LogP contribution in [0, 0.1) is 0 Å². The van der Waals surface area contributed by atoms with E-state index in [4.69, 9.17) is 5.11 Å². The summed E-state index contributed by atoms with van der Waals surface area (Å²) >= 11 is 0. The fourth-order valence-corrected chi connectivity index (χ4v) is 2.77. The highest BCUT2D eigenvalue weighted by Crippen LogP contribution is 2.28. The minimum Gasteiger partial charge on any atom is -0.481 e. The Morgan fingerprint density at radius 2 is 1.96 bits per heavy atom. The number of aliphatic carboxylic acids is 1. The molecule has 2 heterocycles. The van der Waals surface area contributed by atoms with E-state index < -0.39 is 5.97 Å². The molecule has 0 saturated heterocycles. The van der Waals surface area contributed by atoms with Gasteiger partial charge in [0, 0.05) is 36.6 Å². The molecule has 5 nitrogen and oxygen atoms in total. The van der Waals surface area contributed by atoms with E-state index in [1.54, 1.807) is 18.5 Å². The van der Waals surface area contributed by atoms with Crippen LogP contribution in [0.15, 0.2) is 42.0 Å². The van der Waals surface area contributed by atoms with Gasteiger partial charge in [-0.15, -0.1) is 0 Å². The maximum atomic E-state index is 13.8. The van der Waals surface area contributed by atoms with Crippen LogP contribution in [-0.2, 0) is 4.79 Å². The van der Waals surface area contributed by atoms with Crippen molar-refractivity contribution in [3.05, 3.63) is 47.6 Å². The normalized spacial score (nSPS) is 18.1. The quantitative estimate of drug-likeness (QED) is 0.865. The smallest absolute Gasteiger partial charge is 0.307 e. The number of carboxylic acids is 1. The van der Waals surface area contributed by atoms with Gasteiger partial charge in [-0.1, -0.05) is 17.7 Å². The topological polar surface area (TPSA) is 66.3 Å². The molecular formula is C17H18FN3O2. The van der Waals surface area contributed by atoms with Crippen molar-refractivity contribution >= 4 is 17.5 Å². The van der Waals surface area contributed by atoms with Crippen molar-refractivity contribution in [3.8, 4) is 0 Å². The van der Waals surface area contributed by atoms with Crippen LogP contribution < -0.4 is 4.90 Å². The first kappa shape index (κ1) is 15.4. The maximum absolute atomic E-state index is 13.8. The molecule has 0 atom stereocenters. The van der Waals surface area contributed by atoms with Gasteiger partial charge in [0.1, 0.15) is 5.83 Å². The first-order chi connectivity index (χ1) is 11.1. The van der Waals surface area contributed by atoms with Gasteiger partial charge in [-0.3, -0.25) is 4.79 Å². The minimum atomic E-state index is -0.804. The molecule has 0 unspecified atom stereocenters. The summed E-state index contributed by atoms with van der Waals surface area (Å²) in [4.78, 5) is 21.4. The molecule has 0 fully saturated rings. The van der Waals surface area contributed by atoms with Crippen LogP contribution in [0.5, 0.6) is 0 Å². The third-order valence-corrected chi connectivity index (χ3v) is 4.01. The lowest BCUT2D eigenvalue weighted by molar-refractivity contribution is -0.136. The summed E-state index contributed by atoms with van der Waals surface area (Å²) in [5.74, 6) is -0.437. The van der Waals surface area contributed by atoms with Crippen LogP contribution in [0.4, 0.5) is 10.3 Å². The number of nitrogens with zero attached hydrogens (tertiary/aromatic N) is 3. The minimum absolute atomic E-state index is 0.0907. The molecule has 1 aromatic heterocycles. The third kappa shape index (κ3) is 3.64. The lowest BCUT2D eigenvalue weighted by atomic mass is 10.0. The summed E-state index contributed by atoms with van der Waals surface area (Å²) in [6, 6.07) is 0. The highest BCUT2D eigenvalue weighted by atomic mass is 19.1. The summed E-state index contributed by atoms with van der Waals surface area (Å²) in [6.07, 6.45) is 11.0. The van der Waals surface area contributed by atoms with Crippen LogP contribution in [0.3, 0.4) is 0 Å². The Hall–Kier alpha value is -2.50. The zero-order chi connectivity index (χ0) is 16.2. The zero-order valence-electron chi connectivity index (χ0n) is 12.7. The van der Waals surface area contributed by atoms with E-state index >= 15 is 0 Å². The molecule has 1 N–H and O–H groups in total. The average molecular weight is 315 g/mol. The lowest BCUT2D eigenvalue weighted by Crippen LogP contribution is -2.30. The molecular weight excluding hydrogens is 297 g/mol. The van der Waals surface area contributed by atoms with Gasteiger partial charge in [0.15, 0.2) is 0 Å². The van der Waals surface area contributed by atoms with Crippen molar-refractivity contribution < 1.29 is 14.3 Å². The van der Waals surface area contributed by atoms with E-state index in [1.165, 1.54) is 0 Å². The standard InChI is InChI=1S/C17H18FN3O2/c18-15-4-2-1-3-14(15)13-10-19-17(20-11-13)21-7-5-12(6-8-21)9-16(22)23/h3-5,10-11H,1-2,6-9H2,(H,22,23). The van der Waals surface area contributed by atoms with Gasteiger partial charge >= 0.3 is 5.97 Å². The van der Waals surface area contributed by atoms with Crippen LogP contribution in [0.2, 0.25) is 0 Å². The second-order valence-corrected chi connectivity index (χ2v) is 5.65. The first-order valence-electron chi connectivity index (χ1n) is 7.67. The molecule has 0 saturated carbocycles. The van der Waals surface area contributed by atoms with E-state index in [-0.39, 0.29) is 12.2 Å². The van der Waals surface area contributed by atoms with Crippen molar-refractivity contribution in [3.63, 3.8) is 0 Å². The van der Waals surface area contributed by atoms with Crippen LogP contribution in [0.25, 0.3) is 5.57 Å². The molecule has 0 bridgehead atoms. The summed E-state index contributed by atoms with van der Waals surface area (Å²) in [5, 5.41) is 8.80. The highest BCUT2D eigenvalue weighted by molar-refractivity contribution is 5.77. The Kier molecular flexibility index (Phi) is 4.50. The third-order valence-electron chi connectivity index (χ3n) is 4.01. The SMILES string of the molecule is O=C(O)CC1=CCN(c2ncc(C3=CCCC=C3F)cn2)CC1. The zero-order valence-corrected chi connectivity index (χ0v) is 12.7. The molecule has 2 aliphatic rings. The van der Waals surface area contributed by atoms with E-state index in [2.05, 4.69) is 9.97 Å². The molecule has 23 heavy (non-hydrogen) atoms. The number of aromatic nitrogens is 2. The Balaban J connectivity index is 1.69. The van der Waals surface area contributed by atoms with Gasteiger partial charge in [-0.2, -0.15) is 0 Å². The number of anilines is 1. The van der Waals surface area contributed by atoms with Crippen molar-refractivity contribution in [1.29, 1.82) is 0 Å². The summed E-state index contributed by atoms with van der Waals surface area (Å²) in [5.41, 5.74) is 2.18. The van der Waals surface area contributed by atoms with E-state index in [0.29, 0.717) is 36.6 Å². The van der Waals surface area contributed by atoms with Crippen LogP contribution >= 0.6 is 0 Å². The Labute approximate surface area is 133 Å². The Morgan fingerprint density at radius 3 is 2.57 bits per heavy atom. The van der Waals surface area contributed by atoms with Gasteiger partial charge in [0.05, 0.1) is 6.42 Å². The second kappa shape index (κ2) is 6.73. The molecule has 1 aliphatic heterocycles. The fourth-order valence-electron chi connectivity index (χ4n) is 2.77. The molecule has 1 aromatic rings. The lowest BCUT2D eigenvalue weighted by Gasteiger charge is -2.26. The van der Waals surface area contributed by atoms with Crippen molar-refractivity contribution in [1.82, 2.24) is 9.97 Å². The second-order valence-electron chi connectivity index (χ2n) is 5.65. The average Bonchev–Trinajstić information content (AvgIpc) is 2.56. The number of hydrogen-bond acceptors (Lipinski definition) is 4. The van der Waals surface area contributed by atoms with E-state index in [1.807, 2.05) is 17.1 Å². The first-order valence-corrected chi connectivity index (χ1v) is 7.67. The summed E-state index contributed by atoms with van der Waals surface area (Å²) in [7, 11) is 0. The monoisotopic (exact) mass is 315 g/mol. The van der Waals surface area contributed by atoms with Gasteiger partial charge < -0.3 is 10.0 Å². The largest absolute Gasteiger partial charge is 0.481 e. The molecule has 0 radical (unpaired) electrons. The molecule has 3 rings (SSSR count). The molecule has 0 spiro atoms. The van der Waals surface area contributed by atoms with Crippen molar-refractivity contribution in [2.45, 2.75) is 25.7 Å². The molecule has 0 amide bonds. The van der Waals surface area contributed by atoms with Gasteiger partial charge in [-0.05, 0) is 25.3 Å². The molecule has 0 aromatic carbocycles. The van der Waals surface area contributed by atoms with Crippen LogP contribution in [-0.4, -0.2) is 34.1 Å². The number of halogens is 1. The number of carboxylic acid groups (broad SMARTS) is 1. The number of allylic oxidation sites excluding steroid dienone is 4. The number of rotatable bonds is 4. The molecule has 120 valence electrons. The van der Waals surface area contributed by atoms with E-state index in [0.717, 1.165) is 18.4 Å². The molecule has 6 heteroatoms. The van der Waals surface area contributed by atoms with E-state index in [9.17, 15) is 9.18 Å². The van der Waals surface area contributed by atoms with Gasteiger partial charge in [0.25, 0.3) is 0 Å². The highest BCUT2D eigenvalue weighted by Gasteiger charge is 2.17. The Bertz CT molecular complexity index is 692. The Morgan fingerprint density at radius 1 is 1.22 bits per heavy atom. The predicted octanol–water partition coefficient (Wildman–Crippen LogP) is 3.12. The maximum Gasteiger partial charge on any atom is 0.307 e. The summed E-state index contributed by atoms with van der Waals surface area (Å²) in [6.45, 7) is 1.29. The van der Waals surface area contributed by atoms with Crippen molar-refractivity contribution in [2.24, 2.45) is 0 Å². The number of hydrogen-bond donors (Lipinski definition) is 1. The summed E-state index contributed by atoms with van der Waals surface area (Å²) < 4.78 is 13.8. The van der Waals surface area contributed by atoms with Gasteiger partial charge in [-0.25, -0.2) is 14.4 Å². The fraction of sp³-hybridized carbons (Fsp3) is 0.353. The predicted molar refractivity (Wildman–Crippen MR) is 85.6 cm³/mol. The van der Waals surface area contributed by atoms with Crippen molar-refractivity contribution in [2.75, 3.05) is 18.0 Å². The van der Waals surface area contributed by atoms with Gasteiger partial charge in [0.2, 0.25) is 5.95 Å². The number of carbonyl (C=O) groups is 1.